The molecule has 18 heavy (non-hydrogen) atoms. The van der Waals surface area contributed by atoms with Crippen molar-refractivity contribution in [1.29, 1.82) is 10.7 Å². The minimum absolute atomic E-state index is 0.261. The zero-order valence-corrected chi connectivity index (χ0v) is 13.8. The van der Waals surface area contributed by atoms with Gasteiger partial charge in [-0.05, 0) is 34.0 Å². The molecule has 1 atom stereocenters. The smallest absolute Gasteiger partial charge is 0.267 e. The van der Waals surface area contributed by atoms with Crippen LogP contribution in [0.1, 0.15) is 29.2 Å². The number of hydrogen-bond acceptors (Lipinski definition) is 4. The van der Waals surface area contributed by atoms with Crippen molar-refractivity contribution in [2.24, 2.45) is 0 Å². The number of nitrogens with one attached hydrogen (secondary N) is 2. The first-order chi connectivity index (χ1) is 8.78. The van der Waals surface area contributed by atoms with Crippen LogP contribution in [0.5, 0.6) is 0 Å². The van der Waals surface area contributed by atoms with Gasteiger partial charge in [0, 0.05) is 29.0 Å². The Hall–Kier alpha value is -0.115. The van der Waals surface area contributed by atoms with Crippen LogP contribution in [0.2, 0.25) is 12.6 Å². The summed E-state index contributed by atoms with van der Waals surface area (Å²) >= 11 is 4.09. The number of rotatable bonds is 4. The van der Waals surface area contributed by atoms with Gasteiger partial charge in [0.1, 0.15) is 5.00 Å². The first kappa shape index (κ1) is 14.3. The minimum atomic E-state index is 0.261. The second kappa shape index (κ2) is 6.88. The second-order valence-corrected chi connectivity index (χ2v) is 7.62. The van der Waals surface area contributed by atoms with Crippen LogP contribution >= 0.6 is 39.8 Å². The predicted molar refractivity (Wildman–Crippen MR) is 91.1 cm³/mol. The molecule has 1 aliphatic heterocycles. The number of thiophene rings is 1. The van der Waals surface area contributed by atoms with E-state index in [0.717, 1.165) is 36.0 Å². The Kier molecular flexibility index (Phi) is 5.46. The van der Waals surface area contributed by atoms with E-state index in [-0.39, 0.29) is 6.71 Å². The highest BCUT2D eigenvalue weighted by atomic mass is 127. The molecule has 0 radical (unpaired) electrons. The van der Waals surface area contributed by atoms with Crippen molar-refractivity contribution in [2.45, 2.75) is 31.4 Å². The van der Waals surface area contributed by atoms with Crippen LogP contribution in [0.15, 0.2) is 6.07 Å². The Morgan fingerprint density at radius 2 is 2.33 bits per heavy atom. The molecule has 0 aliphatic carbocycles. The lowest BCUT2D eigenvalue weighted by Gasteiger charge is -2.21. The summed E-state index contributed by atoms with van der Waals surface area (Å²) < 4.78 is 0. The Balaban J connectivity index is 2.10. The molecule has 7 heteroatoms. The molecular weight excluding hydrogens is 375 g/mol. The topological polar surface area (TPSA) is 59.7 Å². The maximum atomic E-state index is 8.92. The molecule has 2 rings (SSSR count). The summed E-state index contributed by atoms with van der Waals surface area (Å²) in [5.74, 6) is 2.97. The van der Waals surface area contributed by atoms with Gasteiger partial charge in [0.2, 0.25) is 0 Å². The number of nitrogens with zero attached hydrogens (tertiary/aromatic N) is 1. The molecule has 2 heterocycles. The number of nitriles is 1. The molecule has 1 fully saturated rings. The van der Waals surface area contributed by atoms with Crippen molar-refractivity contribution in [3.05, 3.63) is 16.5 Å². The van der Waals surface area contributed by atoms with Crippen molar-refractivity contribution < 1.29 is 0 Å². The first-order valence-electron chi connectivity index (χ1n) is 5.94. The quantitative estimate of drug-likeness (QED) is 0.344. The van der Waals surface area contributed by atoms with Gasteiger partial charge in [0.05, 0.1) is 0 Å². The standard InChI is InChI=1S/C11H14BIN3PS/c13-17-16-11-9(6-14)5-10(18-11)8-1-3-12(7-15)4-2-8/h5-6,8,14,16-17H,1-4H2. The SMILES string of the molecule is N#CB1CCC(c2cc(C=N)c(NPI)s2)CC1. The summed E-state index contributed by atoms with van der Waals surface area (Å²) in [6, 6.07) is 2.15. The van der Waals surface area contributed by atoms with Crippen molar-refractivity contribution >= 4 is 57.7 Å². The van der Waals surface area contributed by atoms with Gasteiger partial charge in [-0.2, -0.15) is 0 Å². The maximum absolute atomic E-state index is 8.92. The lowest BCUT2D eigenvalue weighted by molar-refractivity contribution is 0.621. The highest BCUT2D eigenvalue weighted by Crippen LogP contribution is 2.41. The van der Waals surface area contributed by atoms with E-state index in [2.05, 4.69) is 39.2 Å². The molecule has 1 unspecified atom stereocenters. The van der Waals surface area contributed by atoms with Gasteiger partial charge >= 0.3 is 0 Å². The normalized spacial score (nSPS) is 17.0. The van der Waals surface area contributed by atoms with E-state index in [1.165, 1.54) is 11.1 Å². The number of hydrogen-bond donors (Lipinski definition) is 2. The van der Waals surface area contributed by atoms with E-state index in [1.54, 1.807) is 11.3 Å². The van der Waals surface area contributed by atoms with Crippen LogP contribution in [0.3, 0.4) is 0 Å². The van der Waals surface area contributed by atoms with Crippen LogP contribution < -0.4 is 5.09 Å². The fourth-order valence-corrected chi connectivity index (χ4v) is 5.39. The summed E-state index contributed by atoms with van der Waals surface area (Å²) in [6.07, 6.45) is 6.34. The van der Waals surface area contributed by atoms with Crippen molar-refractivity contribution in [3.8, 4) is 5.97 Å². The fourth-order valence-electron chi connectivity index (χ4n) is 2.38. The van der Waals surface area contributed by atoms with Gasteiger partial charge in [-0.1, -0.05) is 25.5 Å². The molecule has 0 saturated carbocycles. The van der Waals surface area contributed by atoms with E-state index >= 15 is 0 Å². The molecule has 1 aromatic heterocycles. The molecule has 0 amide bonds. The van der Waals surface area contributed by atoms with E-state index in [4.69, 9.17) is 10.7 Å². The average Bonchev–Trinajstić information content (AvgIpc) is 2.82. The Morgan fingerprint density at radius 3 is 2.89 bits per heavy atom. The highest BCUT2D eigenvalue weighted by Gasteiger charge is 2.26. The highest BCUT2D eigenvalue weighted by molar-refractivity contribution is 14.2. The zero-order valence-electron chi connectivity index (χ0n) is 9.87. The molecule has 1 saturated heterocycles. The molecule has 0 spiro atoms. The van der Waals surface area contributed by atoms with Crippen LogP contribution in [-0.2, 0) is 0 Å². The number of anilines is 1. The third-order valence-electron chi connectivity index (χ3n) is 3.41. The van der Waals surface area contributed by atoms with Gasteiger partial charge in [-0.15, -0.1) is 11.3 Å². The molecule has 2 N–H and O–H groups in total. The fraction of sp³-hybridized carbons (Fsp3) is 0.455. The number of halogens is 1. The predicted octanol–water partition coefficient (Wildman–Crippen LogP) is 4.54. The summed E-state index contributed by atoms with van der Waals surface area (Å²) in [4.78, 5) is 1.38. The Bertz CT molecular complexity index is 465. The summed E-state index contributed by atoms with van der Waals surface area (Å²) in [6.45, 7) is 0.261. The van der Waals surface area contributed by atoms with E-state index < -0.39 is 0 Å². The maximum Gasteiger partial charge on any atom is 0.267 e. The van der Waals surface area contributed by atoms with E-state index in [9.17, 15) is 0 Å². The summed E-state index contributed by atoms with van der Waals surface area (Å²) in [7, 11) is 0. The van der Waals surface area contributed by atoms with Crippen molar-refractivity contribution in [3.63, 3.8) is 0 Å². The molecule has 1 aromatic rings. The largest absolute Gasteiger partial charge is 0.350 e. The van der Waals surface area contributed by atoms with E-state index in [1.807, 2.05) is 0 Å². The molecule has 94 valence electrons. The Morgan fingerprint density at radius 1 is 1.61 bits per heavy atom. The van der Waals surface area contributed by atoms with Gasteiger partial charge in [0.25, 0.3) is 6.71 Å². The van der Waals surface area contributed by atoms with Gasteiger partial charge in [0.15, 0.2) is 0 Å². The zero-order chi connectivity index (χ0) is 13.0. The second-order valence-electron chi connectivity index (χ2n) is 4.47. The van der Waals surface area contributed by atoms with Crippen molar-refractivity contribution in [1.82, 2.24) is 0 Å². The molecular formula is C11H14BIN3PS. The van der Waals surface area contributed by atoms with Gasteiger partial charge in [-0.25, -0.2) is 5.26 Å². The third-order valence-corrected chi connectivity index (χ3v) is 5.97. The monoisotopic (exact) mass is 389 g/mol. The van der Waals surface area contributed by atoms with Crippen LogP contribution in [-0.4, -0.2) is 12.9 Å². The third kappa shape index (κ3) is 3.25. The lowest BCUT2D eigenvalue weighted by Crippen LogP contribution is -2.18. The van der Waals surface area contributed by atoms with Crippen LogP contribution in [0.25, 0.3) is 0 Å². The summed E-state index contributed by atoms with van der Waals surface area (Å²) in [5.41, 5.74) is 1.00. The molecule has 0 bridgehead atoms. The summed E-state index contributed by atoms with van der Waals surface area (Å²) in [5, 5.41) is 20.8. The molecule has 1 aliphatic rings. The van der Waals surface area contributed by atoms with E-state index in [0.29, 0.717) is 12.3 Å². The van der Waals surface area contributed by atoms with Crippen LogP contribution in [0.4, 0.5) is 5.00 Å². The molecule has 3 nitrogen and oxygen atoms in total. The minimum Gasteiger partial charge on any atom is -0.350 e. The average molecular weight is 389 g/mol. The van der Waals surface area contributed by atoms with Crippen LogP contribution in [0, 0.1) is 16.6 Å². The lowest BCUT2D eigenvalue weighted by atomic mass is 9.42. The van der Waals surface area contributed by atoms with Gasteiger partial charge in [-0.3, -0.25) is 0 Å². The van der Waals surface area contributed by atoms with Crippen molar-refractivity contribution in [2.75, 3.05) is 5.09 Å². The Labute approximate surface area is 127 Å². The molecule has 0 aromatic carbocycles. The first-order valence-corrected chi connectivity index (χ1v) is 10.9. The van der Waals surface area contributed by atoms with Gasteiger partial charge < -0.3 is 10.5 Å².